The molecule has 2 atom stereocenters. The van der Waals surface area contributed by atoms with E-state index in [1.165, 1.54) is 10.5 Å². The molecule has 168 valence electrons. The van der Waals surface area contributed by atoms with E-state index in [9.17, 15) is 9.59 Å². The van der Waals surface area contributed by atoms with E-state index in [0.717, 1.165) is 31.2 Å². The Morgan fingerprint density at radius 2 is 1.97 bits per heavy atom. The molecule has 9 nitrogen and oxygen atoms in total. The summed E-state index contributed by atoms with van der Waals surface area (Å²) < 4.78 is 14.5. The molecule has 9 heteroatoms. The van der Waals surface area contributed by atoms with Crippen molar-refractivity contribution >= 4 is 22.6 Å². The lowest BCUT2D eigenvalue weighted by molar-refractivity contribution is 0.0851. The summed E-state index contributed by atoms with van der Waals surface area (Å²) >= 11 is 0. The molecule has 2 aliphatic heterocycles. The fraction of sp³-hybridized carbons (Fsp3) is 0.478. The molecule has 0 spiro atoms. The van der Waals surface area contributed by atoms with Crippen molar-refractivity contribution in [3.05, 3.63) is 51.4 Å². The van der Waals surface area contributed by atoms with Crippen molar-refractivity contribution in [1.29, 1.82) is 5.41 Å². The average Bonchev–Trinajstić information content (AvgIpc) is 3.49. The third kappa shape index (κ3) is 3.71. The van der Waals surface area contributed by atoms with Gasteiger partial charge in [-0.1, -0.05) is 6.07 Å². The van der Waals surface area contributed by atoms with Gasteiger partial charge in [0.15, 0.2) is 0 Å². The Hall–Kier alpha value is -3.04. The monoisotopic (exact) mass is 437 g/mol. The van der Waals surface area contributed by atoms with E-state index in [0.29, 0.717) is 43.0 Å². The number of nitrogens with one attached hydrogen (secondary N) is 2. The first-order valence-corrected chi connectivity index (χ1v) is 11.1. The van der Waals surface area contributed by atoms with Gasteiger partial charge in [-0.05, 0) is 50.3 Å². The van der Waals surface area contributed by atoms with Gasteiger partial charge >= 0.3 is 0 Å². The number of ether oxygens (including phenoxy) is 2. The van der Waals surface area contributed by atoms with E-state index < -0.39 is 0 Å². The predicted octanol–water partition coefficient (Wildman–Crippen LogP) is 1.52. The topological polar surface area (TPSA) is 111 Å². The second-order valence-corrected chi connectivity index (χ2v) is 8.54. The van der Waals surface area contributed by atoms with Crippen LogP contribution in [0.5, 0.6) is 0 Å². The summed E-state index contributed by atoms with van der Waals surface area (Å²) in [5.41, 5.74) is 1.73. The van der Waals surface area contributed by atoms with Crippen LogP contribution in [0.25, 0.3) is 16.7 Å². The molecule has 3 aromatic heterocycles. The molecule has 0 saturated carbocycles. The number of hydrogen-bond donors (Lipinski definition) is 2. The molecule has 0 aliphatic carbocycles. The zero-order valence-electron chi connectivity index (χ0n) is 18.1. The van der Waals surface area contributed by atoms with Gasteiger partial charge in [-0.15, -0.1) is 0 Å². The average molecular weight is 438 g/mol. The number of pyridine rings is 2. The van der Waals surface area contributed by atoms with E-state index in [2.05, 4.69) is 5.32 Å². The van der Waals surface area contributed by atoms with Crippen molar-refractivity contribution in [1.82, 2.24) is 19.3 Å². The number of nitrogens with zero attached hydrogens (tertiary/aromatic N) is 3. The third-order valence-corrected chi connectivity index (χ3v) is 6.30. The van der Waals surface area contributed by atoms with Crippen LogP contribution >= 0.6 is 0 Å². The van der Waals surface area contributed by atoms with Crippen LogP contribution in [0.2, 0.25) is 0 Å². The highest BCUT2D eigenvalue weighted by atomic mass is 16.5. The normalized spacial score (nSPS) is 20.9. The molecule has 0 bridgehead atoms. The largest absolute Gasteiger partial charge is 0.376 e. The first-order chi connectivity index (χ1) is 15.5. The summed E-state index contributed by atoms with van der Waals surface area (Å²) in [6.07, 6.45) is 5.30. The number of amides is 1. The van der Waals surface area contributed by atoms with E-state index in [-0.39, 0.29) is 34.7 Å². The molecule has 0 aromatic carbocycles. The first-order valence-electron chi connectivity index (χ1n) is 11.1. The molecule has 3 aromatic rings. The van der Waals surface area contributed by atoms with Gasteiger partial charge < -0.3 is 19.4 Å². The smallest absolute Gasteiger partial charge is 0.267 e. The van der Waals surface area contributed by atoms with Crippen LogP contribution < -0.4 is 16.4 Å². The van der Waals surface area contributed by atoms with Crippen LogP contribution in [0, 0.1) is 12.3 Å². The van der Waals surface area contributed by atoms with Crippen molar-refractivity contribution in [2.24, 2.45) is 0 Å². The fourth-order valence-electron chi connectivity index (χ4n) is 4.55. The van der Waals surface area contributed by atoms with Gasteiger partial charge in [0.25, 0.3) is 11.5 Å². The minimum Gasteiger partial charge on any atom is -0.376 e. The van der Waals surface area contributed by atoms with Crippen molar-refractivity contribution in [3.8, 4) is 0 Å². The van der Waals surface area contributed by atoms with Crippen LogP contribution in [0.15, 0.2) is 29.2 Å². The number of aryl methyl sites for hydroxylation is 1. The Morgan fingerprint density at radius 3 is 2.69 bits per heavy atom. The molecular formula is C23H27N5O4. The van der Waals surface area contributed by atoms with Gasteiger partial charge in [-0.3, -0.25) is 19.4 Å². The maximum absolute atomic E-state index is 13.3. The van der Waals surface area contributed by atoms with Gasteiger partial charge in [0, 0.05) is 26.0 Å². The van der Waals surface area contributed by atoms with Crippen molar-refractivity contribution < 1.29 is 14.3 Å². The number of aromatic nitrogens is 3. The Balaban J connectivity index is 1.65. The second-order valence-electron chi connectivity index (χ2n) is 8.54. The van der Waals surface area contributed by atoms with E-state index in [4.69, 9.17) is 19.9 Å². The molecule has 2 N–H and O–H groups in total. The third-order valence-electron chi connectivity index (χ3n) is 6.30. The number of carbonyl (C=O) groups excluding carboxylic acids is 1. The van der Waals surface area contributed by atoms with Gasteiger partial charge in [0.1, 0.15) is 16.8 Å². The lowest BCUT2D eigenvalue weighted by Gasteiger charge is -2.18. The summed E-state index contributed by atoms with van der Waals surface area (Å²) in [5, 5.41) is 12.0. The maximum Gasteiger partial charge on any atom is 0.267 e. The van der Waals surface area contributed by atoms with Crippen LogP contribution in [-0.4, -0.2) is 51.8 Å². The van der Waals surface area contributed by atoms with E-state index in [1.54, 1.807) is 16.8 Å². The summed E-state index contributed by atoms with van der Waals surface area (Å²) in [6, 6.07) is 5.19. The minimum atomic E-state index is -0.387. The van der Waals surface area contributed by atoms with Gasteiger partial charge in [0.2, 0.25) is 0 Å². The SMILES string of the molecule is Cc1cccn2c(=O)c3cc(C(=O)NC[C@@H]4CCCO4)c(=N)n(C[C@H]4CCCO4)c3nc12. The highest BCUT2D eigenvalue weighted by Gasteiger charge is 2.23. The Morgan fingerprint density at radius 1 is 1.22 bits per heavy atom. The molecule has 5 heterocycles. The second kappa shape index (κ2) is 8.48. The van der Waals surface area contributed by atoms with Gasteiger partial charge in [0.05, 0.1) is 29.7 Å². The summed E-state index contributed by atoms with van der Waals surface area (Å²) in [4.78, 5) is 31.1. The first kappa shape index (κ1) is 20.8. The molecule has 32 heavy (non-hydrogen) atoms. The predicted molar refractivity (Wildman–Crippen MR) is 118 cm³/mol. The lowest BCUT2D eigenvalue weighted by atomic mass is 10.1. The Kier molecular flexibility index (Phi) is 5.52. The zero-order valence-corrected chi connectivity index (χ0v) is 18.1. The molecule has 2 aliphatic rings. The van der Waals surface area contributed by atoms with Crippen LogP contribution in [0.1, 0.15) is 41.6 Å². The summed E-state index contributed by atoms with van der Waals surface area (Å²) in [6.45, 7) is 4.03. The van der Waals surface area contributed by atoms with Gasteiger partial charge in [-0.2, -0.15) is 0 Å². The van der Waals surface area contributed by atoms with Crippen molar-refractivity contribution in [3.63, 3.8) is 0 Å². The number of rotatable bonds is 5. The highest BCUT2D eigenvalue weighted by Crippen LogP contribution is 2.18. The van der Waals surface area contributed by atoms with E-state index >= 15 is 0 Å². The molecule has 0 unspecified atom stereocenters. The van der Waals surface area contributed by atoms with Crippen molar-refractivity contribution in [2.75, 3.05) is 19.8 Å². The summed E-state index contributed by atoms with van der Waals surface area (Å²) in [5.74, 6) is -0.387. The van der Waals surface area contributed by atoms with Gasteiger partial charge in [-0.25, -0.2) is 4.98 Å². The zero-order chi connectivity index (χ0) is 22.2. The highest BCUT2D eigenvalue weighted by molar-refractivity contribution is 5.96. The maximum atomic E-state index is 13.3. The van der Waals surface area contributed by atoms with Crippen LogP contribution in [-0.2, 0) is 16.0 Å². The number of hydrogen-bond acceptors (Lipinski definition) is 6. The summed E-state index contributed by atoms with van der Waals surface area (Å²) in [7, 11) is 0. The molecule has 5 rings (SSSR count). The lowest BCUT2D eigenvalue weighted by Crippen LogP contribution is -2.39. The molecule has 2 fully saturated rings. The van der Waals surface area contributed by atoms with E-state index in [1.807, 2.05) is 13.0 Å². The Bertz CT molecular complexity index is 1300. The number of carbonyl (C=O) groups is 1. The molecule has 1 amide bonds. The Labute approximate surface area is 184 Å². The van der Waals surface area contributed by atoms with Crippen molar-refractivity contribution in [2.45, 2.75) is 51.4 Å². The molecule has 0 radical (unpaired) electrons. The minimum absolute atomic E-state index is 0.00758. The number of fused-ring (bicyclic) bond motifs is 2. The molecular weight excluding hydrogens is 410 g/mol. The van der Waals surface area contributed by atoms with Crippen LogP contribution in [0.3, 0.4) is 0 Å². The molecule has 2 saturated heterocycles. The van der Waals surface area contributed by atoms with Crippen LogP contribution in [0.4, 0.5) is 0 Å². The standard InChI is InChI=1S/C23H27N5O4/c1-14-5-2-8-27-20(14)26-21-18(23(27)30)11-17(22(29)25-12-15-6-3-9-31-15)19(24)28(21)13-16-7-4-10-32-16/h2,5,8,11,15-16,24H,3-4,6-7,9-10,12-13H2,1H3,(H,25,29)/t15-,16+/m0/s1. The quantitative estimate of drug-likeness (QED) is 0.588. The fourth-order valence-corrected chi connectivity index (χ4v) is 4.55.